The molecule has 19 heavy (non-hydrogen) atoms. The summed E-state index contributed by atoms with van der Waals surface area (Å²) in [4.78, 5) is 22.8. The summed E-state index contributed by atoms with van der Waals surface area (Å²) in [6.07, 6.45) is -0.729. The molecule has 0 fully saturated rings. The second-order valence-electron chi connectivity index (χ2n) is 4.93. The van der Waals surface area contributed by atoms with E-state index in [0.29, 0.717) is 0 Å². The number of benzene rings is 1. The van der Waals surface area contributed by atoms with Gasteiger partial charge in [-0.3, -0.25) is 4.79 Å². The van der Waals surface area contributed by atoms with Gasteiger partial charge in [0.1, 0.15) is 6.61 Å². The second-order valence-corrected chi connectivity index (χ2v) is 5.26. The van der Waals surface area contributed by atoms with Gasteiger partial charge in [0.25, 0.3) is 0 Å². The summed E-state index contributed by atoms with van der Waals surface area (Å²) in [7, 11) is 0. The fourth-order valence-electron chi connectivity index (χ4n) is 1.32. The van der Waals surface area contributed by atoms with Crippen molar-refractivity contribution in [3.05, 3.63) is 35.9 Å². The number of ether oxygens (including phenoxy) is 1. The number of carbonyl (C=O) groups excluding carboxylic acids is 2. The molecule has 5 nitrogen and oxygen atoms in total. The molecule has 104 valence electrons. The van der Waals surface area contributed by atoms with Crippen LogP contribution in [0.25, 0.3) is 0 Å². The van der Waals surface area contributed by atoms with Crippen LogP contribution in [0, 0.1) is 0 Å². The third kappa shape index (κ3) is 5.18. The smallest absolute Gasteiger partial charge is 0.426 e. The molecule has 6 heteroatoms. The Morgan fingerprint density at radius 2 is 1.84 bits per heavy atom. The van der Waals surface area contributed by atoms with Crippen molar-refractivity contribution in [3.63, 3.8) is 0 Å². The molecule has 0 atom stereocenters. The van der Waals surface area contributed by atoms with Gasteiger partial charge >= 0.3 is 11.5 Å². The monoisotopic (exact) mass is 284 g/mol. The van der Waals surface area contributed by atoms with Crippen LogP contribution < -0.4 is 5.43 Å². The number of nitrogens with one attached hydrogen (secondary N) is 1. The molecule has 1 rings (SSSR count). The van der Waals surface area contributed by atoms with E-state index in [0.717, 1.165) is 10.6 Å². The summed E-state index contributed by atoms with van der Waals surface area (Å²) in [5, 5.41) is 0.242. The summed E-state index contributed by atoms with van der Waals surface area (Å²) in [5.74, 6) is 0. The van der Waals surface area contributed by atoms with Gasteiger partial charge < -0.3 is 4.74 Å². The summed E-state index contributed by atoms with van der Waals surface area (Å²) in [6.45, 7) is 5.35. The number of amides is 2. The molecule has 0 bridgehead atoms. The highest BCUT2D eigenvalue weighted by Gasteiger charge is 2.27. The first-order valence-corrected chi connectivity index (χ1v) is 6.15. The van der Waals surface area contributed by atoms with Crippen molar-refractivity contribution in [1.82, 2.24) is 10.4 Å². The lowest BCUT2D eigenvalue weighted by atomic mass is 10.1. The quantitative estimate of drug-likeness (QED) is 0.515. The van der Waals surface area contributed by atoms with Crippen LogP contribution in [0.1, 0.15) is 26.3 Å². The van der Waals surface area contributed by atoms with E-state index in [1.54, 1.807) is 20.8 Å². The number of rotatable bonds is 2. The number of halogens is 1. The van der Waals surface area contributed by atoms with E-state index in [1.165, 1.54) is 0 Å². The van der Waals surface area contributed by atoms with Crippen molar-refractivity contribution in [2.45, 2.75) is 32.9 Å². The summed E-state index contributed by atoms with van der Waals surface area (Å²) < 4.78 is 5.00. The predicted molar refractivity (Wildman–Crippen MR) is 72.6 cm³/mol. The Labute approximate surface area is 117 Å². The zero-order chi connectivity index (χ0) is 14.5. The van der Waals surface area contributed by atoms with Gasteiger partial charge in [-0.1, -0.05) is 30.3 Å². The summed E-state index contributed by atoms with van der Waals surface area (Å²) in [5.41, 5.74) is 2.54. The molecule has 0 aliphatic rings. The van der Waals surface area contributed by atoms with Crippen molar-refractivity contribution in [3.8, 4) is 0 Å². The highest BCUT2D eigenvalue weighted by molar-refractivity contribution is 6.62. The summed E-state index contributed by atoms with van der Waals surface area (Å²) in [6, 6.07) is 9.24. The van der Waals surface area contributed by atoms with Crippen LogP contribution in [0.4, 0.5) is 9.59 Å². The normalized spacial score (nSPS) is 10.7. The van der Waals surface area contributed by atoms with Gasteiger partial charge in [0.2, 0.25) is 0 Å². The summed E-state index contributed by atoms with van der Waals surface area (Å²) >= 11 is 5.41. The first kappa shape index (κ1) is 15.3. The van der Waals surface area contributed by atoms with Gasteiger partial charge in [0.05, 0.1) is 5.54 Å². The lowest BCUT2D eigenvalue weighted by Gasteiger charge is -2.32. The van der Waals surface area contributed by atoms with E-state index < -0.39 is 17.0 Å². The Morgan fingerprint density at radius 3 is 2.32 bits per heavy atom. The number of hydrazine groups is 1. The van der Waals surface area contributed by atoms with Crippen LogP contribution in [0.15, 0.2) is 30.3 Å². The molecule has 0 spiro atoms. The third-order valence-corrected chi connectivity index (χ3v) is 2.43. The molecule has 1 aromatic carbocycles. The van der Waals surface area contributed by atoms with E-state index >= 15 is 0 Å². The first-order chi connectivity index (χ1) is 8.80. The lowest BCUT2D eigenvalue weighted by molar-refractivity contribution is 0.0816. The molecular formula is C13H17ClN2O3. The standard InChI is InChI=1S/C13H17ClN2O3/c1-13(2,3)16(11(14)17)15-12(18)19-9-10-7-5-4-6-8-10/h4-8H,9H2,1-3H3,(H,15,18). The lowest BCUT2D eigenvalue weighted by Crippen LogP contribution is -2.54. The van der Waals surface area contributed by atoms with Gasteiger partial charge in [-0.2, -0.15) is 0 Å². The minimum atomic E-state index is -0.774. The SMILES string of the molecule is CC(C)(C)N(NC(=O)OCc1ccccc1)C(=O)Cl. The zero-order valence-corrected chi connectivity index (χ0v) is 11.9. The fraction of sp³-hybridized carbons (Fsp3) is 0.385. The van der Waals surface area contributed by atoms with Gasteiger partial charge in [-0.15, -0.1) is 0 Å². The van der Waals surface area contributed by atoms with Crippen LogP contribution >= 0.6 is 11.6 Å². The van der Waals surface area contributed by atoms with Gasteiger partial charge in [-0.05, 0) is 37.9 Å². The molecule has 0 saturated carbocycles. The largest absolute Gasteiger partial charge is 0.443 e. The Balaban J connectivity index is 2.52. The van der Waals surface area contributed by atoms with Gasteiger partial charge in [0, 0.05) is 0 Å². The average molecular weight is 285 g/mol. The molecule has 0 aliphatic carbocycles. The van der Waals surface area contributed by atoms with Gasteiger partial charge in [-0.25, -0.2) is 15.2 Å². The average Bonchev–Trinajstić information content (AvgIpc) is 2.33. The van der Waals surface area contributed by atoms with Crippen molar-refractivity contribution in [2.24, 2.45) is 0 Å². The van der Waals surface area contributed by atoms with Crippen molar-refractivity contribution in [1.29, 1.82) is 0 Å². The molecule has 2 amide bonds. The molecule has 0 saturated heterocycles. The maximum atomic E-state index is 11.6. The Morgan fingerprint density at radius 1 is 1.26 bits per heavy atom. The maximum absolute atomic E-state index is 11.6. The van der Waals surface area contributed by atoms with E-state index in [-0.39, 0.29) is 6.61 Å². The van der Waals surface area contributed by atoms with E-state index in [2.05, 4.69) is 5.43 Å². The molecule has 0 radical (unpaired) electrons. The van der Waals surface area contributed by atoms with Crippen LogP contribution in [-0.2, 0) is 11.3 Å². The van der Waals surface area contributed by atoms with Crippen LogP contribution in [0.2, 0.25) is 0 Å². The zero-order valence-electron chi connectivity index (χ0n) is 11.1. The molecule has 0 aliphatic heterocycles. The number of hydrogen-bond acceptors (Lipinski definition) is 3. The predicted octanol–water partition coefficient (Wildman–Crippen LogP) is 3.29. The van der Waals surface area contributed by atoms with Crippen LogP contribution in [0.5, 0.6) is 0 Å². The molecule has 0 heterocycles. The Kier molecular flexibility index (Phi) is 5.18. The minimum Gasteiger partial charge on any atom is -0.443 e. The highest BCUT2D eigenvalue weighted by atomic mass is 35.5. The molecule has 1 aromatic rings. The molecule has 1 N–H and O–H groups in total. The van der Waals surface area contributed by atoms with E-state index in [9.17, 15) is 9.59 Å². The number of nitrogens with zero attached hydrogens (tertiary/aromatic N) is 1. The minimum absolute atomic E-state index is 0.126. The van der Waals surface area contributed by atoms with Crippen molar-refractivity contribution < 1.29 is 14.3 Å². The highest BCUT2D eigenvalue weighted by Crippen LogP contribution is 2.13. The second kappa shape index (κ2) is 6.43. The maximum Gasteiger partial charge on any atom is 0.426 e. The topological polar surface area (TPSA) is 58.6 Å². The van der Waals surface area contributed by atoms with Gasteiger partial charge in [0.15, 0.2) is 0 Å². The Hall–Kier alpha value is -1.75. The van der Waals surface area contributed by atoms with Crippen LogP contribution in [-0.4, -0.2) is 22.0 Å². The third-order valence-electron chi connectivity index (χ3n) is 2.26. The van der Waals surface area contributed by atoms with Crippen molar-refractivity contribution >= 4 is 23.1 Å². The van der Waals surface area contributed by atoms with E-state index in [1.807, 2.05) is 30.3 Å². The first-order valence-electron chi connectivity index (χ1n) is 5.78. The van der Waals surface area contributed by atoms with Crippen LogP contribution in [0.3, 0.4) is 0 Å². The molecule has 0 aromatic heterocycles. The number of hydrogen-bond donors (Lipinski definition) is 1. The molecular weight excluding hydrogens is 268 g/mol. The molecule has 0 unspecified atom stereocenters. The van der Waals surface area contributed by atoms with E-state index in [4.69, 9.17) is 16.3 Å². The number of carbonyl (C=O) groups is 2. The van der Waals surface area contributed by atoms with Crippen molar-refractivity contribution in [2.75, 3.05) is 0 Å². The Bertz CT molecular complexity index is 443. The fourth-order valence-corrected chi connectivity index (χ4v) is 1.62.